The van der Waals surface area contributed by atoms with Gasteiger partial charge in [0.2, 0.25) is 5.95 Å². The number of esters is 1. The van der Waals surface area contributed by atoms with Crippen molar-refractivity contribution in [2.75, 3.05) is 30.8 Å². The maximum atomic E-state index is 11.8. The van der Waals surface area contributed by atoms with Gasteiger partial charge in [0, 0.05) is 48.4 Å². The first-order chi connectivity index (χ1) is 18.0. The largest absolute Gasteiger partial charge is 0.465 e. The van der Waals surface area contributed by atoms with Crippen LogP contribution >= 0.6 is 0 Å². The fraction of sp³-hybridized carbons (Fsp3) is 0.444. The van der Waals surface area contributed by atoms with E-state index in [-0.39, 0.29) is 11.7 Å². The van der Waals surface area contributed by atoms with Gasteiger partial charge < -0.3 is 20.3 Å². The average molecular weight is 505 g/mol. The van der Waals surface area contributed by atoms with E-state index >= 15 is 0 Å². The number of nitrogens with one attached hydrogen (secondary N) is 2. The Kier molecular flexibility index (Phi) is 7.45. The first-order valence-electron chi connectivity index (χ1n) is 12.9. The maximum absolute atomic E-state index is 11.8. The Labute approximate surface area is 215 Å². The van der Waals surface area contributed by atoms with Crippen LogP contribution in [0.5, 0.6) is 0 Å². The molecule has 37 heavy (non-hydrogen) atoms. The molecule has 1 saturated heterocycles. The highest BCUT2D eigenvalue weighted by molar-refractivity contribution is 5.94. The number of likely N-dealkylation sites (tertiary alicyclic amines) is 1. The van der Waals surface area contributed by atoms with E-state index in [9.17, 15) is 14.9 Å². The summed E-state index contributed by atoms with van der Waals surface area (Å²) >= 11 is 0. The molecule has 2 aliphatic rings. The number of fused-ring (bicyclic) bond motifs is 1. The number of non-ortho nitro benzene ring substituents is 1. The zero-order chi connectivity index (χ0) is 25.8. The number of rotatable bonds is 7. The molecule has 0 bridgehead atoms. The molecule has 0 unspecified atom stereocenters. The SMILES string of the molecule is COC(=O)c1ccc(Nc2nc(NC3CCN(C4CCCCC4)CC3)nc3ccc([N+](=O)[O-])cc23)cc1. The fourth-order valence-electron chi connectivity index (χ4n) is 5.37. The van der Waals surface area contributed by atoms with Crippen LogP contribution in [0.3, 0.4) is 0 Å². The summed E-state index contributed by atoms with van der Waals surface area (Å²) in [5, 5.41) is 18.7. The molecule has 2 N–H and O–H groups in total. The van der Waals surface area contributed by atoms with Crippen LogP contribution in [0.2, 0.25) is 0 Å². The molecular weight excluding hydrogens is 472 g/mol. The molecule has 1 aromatic heterocycles. The van der Waals surface area contributed by atoms with Gasteiger partial charge >= 0.3 is 5.97 Å². The molecule has 1 aliphatic carbocycles. The minimum absolute atomic E-state index is 0.0315. The van der Waals surface area contributed by atoms with Gasteiger partial charge in [-0.15, -0.1) is 0 Å². The topological polar surface area (TPSA) is 123 Å². The van der Waals surface area contributed by atoms with Crippen molar-refractivity contribution >= 4 is 40.0 Å². The second-order valence-electron chi connectivity index (χ2n) is 9.79. The highest BCUT2D eigenvalue weighted by atomic mass is 16.6. The van der Waals surface area contributed by atoms with Crippen LogP contribution in [0, 0.1) is 10.1 Å². The van der Waals surface area contributed by atoms with Gasteiger partial charge in [-0.2, -0.15) is 4.98 Å². The molecule has 2 aromatic carbocycles. The smallest absolute Gasteiger partial charge is 0.337 e. The zero-order valence-corrected chi connectivity index (χ0v) is 21.0. The number of methoxy groups -OCH3 is 1. The summed E-state index contributed by atoms with van der Waals surface area (Å²) in [5.41, 5.74) is 1.69. The lowest BCUT2D eigenvalue weighted by atomic mass is 9.92. The number of anilines is 3. The number of carbonyl (C=O) groups excluding carboxylic acids is 1. The van der Waals surface area contributed by atoms with Crippen LogP contribution in [0.4, 0.5) is 23.1 Å². The highest BCUT2D eigenvalue weighted by Crippen LogP contribution is 2.30. The molecule has 2 fully saturated rings. The Morgan fingerprint density at radius 2 is 1.76 bits per heavy atom. The minimum Gasteiger partial charge on any atom is -0.465 e. The molecule has 0 radical (unpaired) electrons. The Morgan fingerprint density at radius 1 is 1.03 bits per heavy atom. The van der Waals surface area contributed by atoms with Crippen LogP contribution in [0.1, 0.15) is 55.3 Å². The average Bonchev–Trinajstić information content (AvgIpc) is 2.93. The number of nitro groups is 1. The molecule has 3 aromatic rings. The van der Waals surface area contributed by atoms with Gasteiger partial charge in [0.25, 0.3) is 5.69 Å². The molecule has 0 amide bonds. The molecule has 0 atom stereocenters. The number of nitrogens with zero attached hydrogens (tertiary/aromatic N) is 4. The predicted molar refractivity (Wildman–Crippen MR) is 142 cm³/mol. The van der Waals surface area contributed by atoms with Crippen molar-refractivity contribution in [2.45, 2.75) is 57.0 Å². The van der Waals surface area contributed by atoms with Crippen molar-refractivity contribution in [2.24, 2.45) is 0 Å². The summed E-state index contributed by atoms with van der Waals surface area (Å²) in [6.07, 6.45) is 8.72. The van der Waals surface area contributed by atoms with E-state index in [1.54, 1.807) is 30.3 Å². The molecule has 10 heteroatoms. The molecule has 10 nitrogen and oxygen atoms in total. The summed E-state index contributed by atoms with van der Waals surface area (Å²) in [5.74, 6) is 0.531. The maximum Gasteiger partial charge on any atom is 0.337 e. The summed E-state index contributed by atoms with van der Waals surface area (Å²) in [6.45, 7) is 2.14. The monoisotopic (exact) mass is 504 g/mol. The first-order valence-corrected chi connectivity index (χ1v) is 12.9. The van der Waals surface area contributed by atoms with Gasteiger partial charge in [-0.05, 0) is 56.0 Å². The van der Waals surface area contributed by atoms with Gasteiger partial charge in [0.05, 0.1) is 23.1 Å². The number of hydrogen-bond acceptors (Lipinski definition) is 9. The number of piperidine rings is 1. The summed E-state index contributed by atoms with van der Waals surface area (Å²) in [7, 11) is 1.34. The van der Waals surface area contributed by atoms with Crippen molar-refractivity contribution in [3.8, 4) is 0 Å². The molecule has 1 aliphatic heterocycles. The van der Waals surface area contributed by atoms with E-state index < -0.39 is 10.9 Å². The van der Waals surface area contributed by atoms with Crippen LogP contribution in [-0.4, -0.2) is 58.0 Å². The van der Waals surface area contributed by atoms with Crippen LogP contribution in [-0.2, 0) is 4.74 Å². The van der Waals surface area contributed by atoms with Crippen molar-refractivity contribution in [3.63, 3.8) is 0 Å². The second-order valence-corrected chi connectivity index (χ2v) is 9.79. The second kappa shape index (κ2) is 11.1. The lowest BCUT2D eigenvalue weighted by Gasteiger charge is -2.39. The molecular formula is C27H32N6O4. The highest BCUT2D eigenvalue weighted by Gasteiger charge is 2.26. The van der Waals surface area contributed by atoms with Gasteiger partial charge in [0.1, 0.15) is 5.82 Å². The predicted octanol–water partition coefficient (Wildman–Crippen LogP) is 5.28. The molecule has 1 saturated carbocycles. The summed E-state index contributed by atoms with van der Waals surface area (Å²) < 4.78 is 4.76. The minimum atomic E-state index is -0.430. The van der Waals surface area contributed by atoms with E-state index in [0.29, 0.717) is 33.9 Å². The summed E-state index contributed by atoms with van der Waals surface area (Å²) in [4.78, 5) is 34.8. The van der Waals surface area contributed by atoms with E-state index in [1.165, 1.54) is 51.3 Å². The molecule has 2 heterocycles. The molecule has 5 rings (SSSR count). The Bertz CT molecular complexity index is 1270. The van der Waals surface area contributed by atoms with E-state index in [0.717, 1.165) is 32.0 Å². The Hall–Kier alpha value is -3.79. The Balaban J connectivity index is 1.36. The van der Waals surface area contributed by atoms with E-state index in [1.807, 2.05) is 0 Å². The number of ether oxygens (including phenoxy) is 1. The van der Waals surface area contributed by atoms with Crippen LogP contribution in [0.25, 0.3) is 10.9 Å². The third kappa shape index (κ3) is 5.80. The number of carbonyl (C=O) groups is 1. The number of nitro benzene ring substituents is 1. The number of aromatic nitrogens is 2. The fourth-order valence-corrected chi connectivity index (χ4v) is 5.37. The van der Waals surface area contributed by atoms with Gasteiger partial charge in [-0.1, -0.05) is 19.3 Å². The van der Waals surface area contributed by atoms with E-state index in [4.69, 9.17) is 9.72 Å². The van der Waals surface area contributed by atoms with E-state index in [2.05, 4.69) is 20.5 Å². The van der Waals surface area contributed by atoms with Gasteiger partial charge in [-0.3, -0.25) is 10.1 Å². The van der Waals surface area contributed by atoms with Crippen molar-refractivity contribution in [1.82, 2.24) is 14.9 Å². The Morgan fingerprint density at radius 3 is 2.43 bits per heavy atom. The lowest BCUT2D eigenvalue weighted by molar-refractivity contribution is -0.384. The van der Waals surface area contributed by atoms with Crippen LogP contribution < -0.4 is 10.6 Å². The van der Waals surface area contributed by atoms with Crippen molar-refractivity contribution in [1.29, 1.82) is 0 Å². The van der Waals surface area contributed by atoms with Gasteiger partial charge in [-0.25, -0.2) is 9.78 Å². The molecule has 194 valence electrons. The normalized spacial score (nSPS) is 17.4. The third-order valence-electron chi connectivity index (χ3n) is 7.41. The first kappa shape index (κ1) is 24.9. The third-order valence-corrected chi connectivity index (χ3v) is 7.41. The lowest BCUT2D eigenvalue weighted by Crippen LogP contribution is -2.45. The standard InChI is InChI=1S/C27H32N6O4/c1-37-26(34)18-7-9-19(10-8-18)28-25-23-17-22(33(35)36)11-12-24(23)30-27(31-25)29-20-13-15-32(16-14-20)21-5-3-2-4-6-21/h7-12,17,20-21H,2-6,13-16H2,1H3,(H2,28,29,30,31). The number of hydrogen-bond donors (Lipinski definition) is 2. The van der Waals surface area contributed by atoms with Gasteiger partial charge in [0.15, 0.2) is 0 Å². The number of benzene rings is 2. The molecule has 0 spiro atoms. The zero-order valence-electron chi connectivity index (χ0n) is 21.0. The van der Waals surface area contributed by atoms with Crippen LogP contribution in [0.15, 0.2) is 42.5 Å². The quantitative estimate of drug-likeness (QED) is 0.251. The van der Waals surface area contributed by atoms with Crippen molar-refractivity contribution < 1.29 is 14.5 Å². The summed E-state index contributed by atoms with van der Waals surface area (Å²) in [6, 6.07) is 12.4. The van der Waals surface area contributed by atoms with Crippen molar-refractivity contribution in [3.05, 3.63) is 58.1 Å².